The highest BCUT2D eigenvalue weighted by Gasteiger charge is 2.22. The zero-order chi connectivity index (χ0) is 18.8. The molecule has 1 aliphatic heterocycles. The number of nitrogens with zero attached hydrogens (tertiary/aromatic N) is 3. The van der Waals surface area contributed by atoms with Crippen LogP contribution >= 0.6 is 0 Å². The summed E-state index contributed by atoms with van der Waals surface area (Å²) in [6.45, 7) is 2.32. The van der Waals surface area contributed by atoms with Crippen molar-refractivity contribution in [1.82, 2.24) is 9.97 Å². The van der Waals surface area contributed by atoms with Gasteiger partial charge in [0.1, 0.15) is 5.82 Å². The van der Waals surface area contributed by atoms with Crippen LogP contribution in [0.15, 0.2) is 60.7 Å². The third-order valence-corrected chi connectivity index (χ3v) is 5.32. The normalized spacial score (nSPS) is 16.2. The van der Waals surface area contributed by atoms with Crippen LogP contribution in [0.3, 0.4) is 0 Å². The largest absolute Gasteiger partial charge is 0.372 e. The first-order valence-electron chi connectivity index (χ1n) is 10.2. The molecule has 142 valence electrons. The first kappa shape index (κ1) is 17.0. The third-order valence-electron chi connectivity index (χ3n) is 5.32. The Hall–Kier alpha value is -3.08. The van der Waals surface area contributed by atoms with Crippen LogP contribution in [-0.2, 0) is 0 Å². The van der Waals surface area contributed by atoms with Crippen molar-refractivity contribution in [3.05, 3.63) is 60.7 Å². The Kier molecular flexibility index (Phi) is 4.57. The molecule has 2 N–H and O–H groups in total. The molecule has 2 aromatic carbocycles. The summed E-state index contributed by atoms with van der Waals surface area (Å²) in [4.78, 5) is 11.9. The maximum Gasteiger partial charge on any atom is 0.225 e. The van der Waals surface area contributed by atoms with E-state index in [4.69, 9.17) is 9.97 Å². The Morgan fingerprint density at radius 1 is 0.857 bits per heavy atom. The first-order chi connectivity index (χ1) is 13.8. The molecular weight excluding hydrogens is 346 g/mol. The van der Waals surface area contributed by atoms with Crippen molar-refractivity contribution in [2.75, 3.05) is 28.6 Å². The lowest BCUT2D eigenvalue weighted by atomic mass is 10.1. The van der Waals surface area contributed by atoms with Gasteiger partial charge in [0.25, 0.3) is 0 Å². The molecule has 28 heavy (non-hydrogen) atoms. The van der Waals surface area contributed by atoms with Crippen molar-refractivity contribution in [3.8, 4) is 11.3 Å². The molecule has 2 aliphatic rings. The van der Waals surface area contributed by atoms with Gasteiger partial charge in [0.05, 0.1) is 5.69 Å². The number of hydrogen-bond donors (Lipinski definition) is 2. The second-order valence-corrected chi connectivity index (χ2v) is 7.61. The van der Waals surface area contributed by atoms with E-state index in [-0.39, 0.29) is 0 Å². The Morgan fingerprint density at radius 2 is 1.61 bits per heavy atom. The van der Waals surface area contributed by atoms with Gasteiger partial charge in [0, 0.05) is 42.1 Å². The molecule has 2 fully saturated rings. The fourth-order valence-electron chi connectivity index (χ4n) is 3.62. The van der Waals surface area contributed by atoms with Gasteiger partial charge in [-0.15, -0.1) is 0 Å². The van der Waals surface area contributed by atoms with Crippen LogP contribution in [0.25, 0.3) is 11.3 Å². The number of benzene rings is 2. The van der Waals surface area contributed by atoms with Crippen molar-refractivity contribution < 1.29 is 0 Å². The molecule has 1 saturated carbocycles. The molecule has 0 bridgehead atoms. The van der Waals surface area contributed by atoms with Gasteiger partial charge in [-0.1, -0.05) is 30.3 Å². The quantitative estimate of drug-likeness (QED) is 0.634. The summed E-state index contributed by atoms with van der Waals surface area (Å²) < 4.78 is 0. The second kappa shape index (κ2) is 7.50. The molecule has 0 radical (unpaired) electrons. The molecule has 0 amide bonds. The van der Waals surface area contributed by atoms with E-state index in [1.165, 1.54) is 31.4 Å². The zero-order valence-electron chi connectivity index (χ0n) is 15.9. The molecule has 0 atom stereocenters. The molecule has 0 unspecified atom stereocenters. The lowest BCUT2D eigenvalue weighted by molar-refractivity contribution is 0.949. The average Bonchev–Trinajstić information content (AvgIpc) is 3.37. The lowest BCUT2D eigenvalue weighted by Crippen LogP contribution is -2.17. The van der Waals surface area contributed by atoms with Gasteiger partial charge < -0.3 is 15.5 Å². The number of hydrogen-bond acceptors (Lipinski definition) is 5. The third kappa shape index (κ3) is 3.93. The molecule has 1 aliphatic carbocycles. The molecule has 1 saturated heterocycles. The summed E-state index contributed by atoms with van der Waals surface area (Å²) in [5.74, 6) is 1.51. The average molecular weight is 371 g/mol. The van der Waals surface area contributed by atoms with Crippen LogP contribution in [0.1, 0.15) is 25.7 Å². The predicted molar refractivity (Wildman–Crippen MR) is 115 cm³/mol. The van der Waals surface area contributed by atoms with E-state index in [1.807, 2.05) is 24.3 Å². The van der Waals surface area contributed by atoms with Gasteiger partial charge in [-0.3, -0.25) is 0 Å². The monoisotopic (exact) mass is 371 g/mol. The summed E-state index contributed by atoms with van der Waals surface area (Å²) in [6.07, 6.45) is 4.97. The van der Waals surface area contributed by atoms with Crippen molar-refractivity contribution in [1.29, 1.82) is 0 Å². The Morgan fingerprint density at radius 3 is 2.32 bits per heavy atom. The molecular formula is C23H25N5. The van der Waals surface area contributed by atoms with Crippen LogP contribution in [-0.4, -0.2) is 29.1 Å². The fraction of sp³-hybridized carbons (Fsp3) is 0.304. The molecule has 1 aromatic heterocycles. The number of nitrogens with one attached hydrogen (secondary N) is 2. The van der Waals surface area contributed by atoms with Gasteiger partial charge in [-0.05, 0) is 49.9 Å². The Balaban J connectivity index is 1.40. The summed E-state index contributed by atoms with van der Waals surface area (Å²) in [5, 5.41) is 6.89. The highest BCUT2D eigenvalue weighted by molar-refractivity contribution is 5.68. The molecule has 5 rings (SSSR count). The SMILES string of the molecule is c1ccc(-c2cc(Nc3ccc(N4CCCC4)cc3)nc(NC3CC3)n2)cc1. The molecule has 5 nitrogen and oxygen atoms in total. The first-order valence-corrected chi connectivity index (χ1v) is 10.2. The minimum absolute atomic E-state index is 0.513. The standard InChI is InChI=1S/C23H25N5/c1-2-6-17(7-3-1)21-16-22(27-23(26-21)25-19-8-9-19)24-18-10-12-20(13-11-18)28-14-4-5-15-28/h1-3,6-7,10-13,16,19H,4-5,8-9,14-15H2,(H2,24,25,26,27). The number of aromatic nitrogens is 2. The number of rotatable bonds is 6. The van der Waals surface area contributed by atoms with Crippen LogP contribution in [0.5, 0.6) is 0 Å². The van der Waals surface area contributed by atoms with E-state index in [0.717, 1.165) is 35.9 Å². The van der Waals surface area contributed by atoms with E-state index >= 15 is 0 Å². The van der Waals surface area contributed by atoms with Crippen LogP contribution in [0.2, 0.25) is 0 Å². The number of anilines is 4. The highest BCUT2D eigenvalue weighted by Crippen LogP contribution is 2.28. The molecule has 2 heterocycles. The summed E-state index contributed by atoms with van der Waals surface area (Å²) >= 11 is 0. The van der Waals surface area contributed by atoms with Gasteiger partial charge in [-0.25, -0.2) is 4.98 Å². The smallest absolute Gasteiger partial charge is 0.225 e. The topological polar surface area (TPSA) is 53.1 Å². The zero-order valence-corrected chi connectivity index (χ0v) is 15.9. The molecule has 5 heteroatoms. The van der Waals surface area contributed by atoms with E-state index in [9.17, 15) is 0 Å². The van der Waals surface area contributed by atoms with Crippen molar-refractivity contribution >= 4 is 23.1 Å². The minimum Gasteiger partial charge on any atom is -0.372 e. The Labute approximate surface area is 165 Å². The highest BCUT2D eigenvalue weighted by atomic mass is 15.2. The van der Waals surface area contributed by atoms with Crippen LogP contribution in [0, 0.1) is 0 Å². The summed E-state index contributed by atoms with van der Waals surface area (Å²) in [5.41, 5.74) is 4.36. The molecule has 3 aromatic rings. The van der Waals surface area contributed by atoms with Gasteiger partial charge in [0.15, 0.2) is 0 Å². The van der Waals surface area contributed by atoms with Crippen LogP contribution in [0.4, 0.5) is 23.1 Å². The van der Waals surface area contributed by atoms with Gasteiger partial charge in [-0.2, -0.15) is 4.98 Å². The van der Waals surface area contributed by atoms with Crippen molar-refractivity contribution in [2.45, 2.75) is 31.7 Å². The van der Waals surface area contributed by atoms with Gasteiger partial charge >= 0.3 is 0 Å². The maximum absolute atomic E-state index is 4.72. The van der Waals surface area contributed by atoms with Gasteiger partial charge in [0.2, 0.25) is 5.95 Å². The second-order valence-electron chi connectivity index (χ2n) is 7.61. The maximum atomic E-state index is 4.72. The van der Waals surface area contributed by atoms with Crippen molar-refractivity contribution in [3.63, 3.8) is 0 Å². The van der Waals surface area contributed by atoms with E-state index in [2.05, 4.69) is 51.9 Å². The van der Waals surface area contributed by atoms with Crippen molar-refractivity contribution in [2.24, 2.45) is 0 Å². The predicted octanol–water partition coefficient (Wildman–Crippen LogP) is 5.06. The van der Waals surface area contributed by atoms with Crippen LogP contribution < -0.4 is 15.5 Å². The summed E-state index contributed by atoms with van der Waals surface area (Å²) in [7, 11) is 0. The minimum atomic E-state index is 0.513. The van der Waals surface area contributed by atoms with E-state index < -0.39 is 0 Å². The Bertz CT molecular complexity index is 929. The fourth-order valence-corrected chi connectivity index (χ4v) is 3.62. The molecule has 0 spiro atoms. The van der Waals surface area contributed by atoms with E-state index in [0.29, 0.717) is 12.0 Å². The lowest BCUT2D eigenvalue weighted by Gasteiger charge is -2.18. The van der Waals surface area contributed by atoms with E-state index in [1.54, 1.807) is 0 Å². The summed E-state index contributed by atoms with van der Waals surface area (Å²) in [6, 6.07) is 21.4.